The lowest BCUT2D eigenvalue weighted by Gasteiger charge is -2.26. The van der Waals surface area contributed by atoms with Gasteiger partial charge in [0.1, 0.15) is 11.5 Å². The van der Waals surface area contributed by atoms with Gasteiger partial charge in [0.15, 0.2) is 0 Å². The zero-order valence-electron chi connectivity index (χ0n) is 24.7. The van der Waals surface area contributed by atoms with Crippen molar-refractivity contribution in [2.75, 3.05) is 46.1 Å². The highest BCUT2D eigenvalue weighted by Gasteiger charge is 2.29. The lowest BCUT2D eigenvalue weighted by Crippen LogP contribution is -2.38. The maximum atomic E-state index is 12.5. The Bertz CT molecular complexity index is 1310. The van der Waals surface area contributed by atoms with Crippen LogP contribution in [0.5, 0.6) is 0 Å². The third kappa shape index (κ3) is 8.12. The van der Waals surface area contributed by atoms with Crippen molar-refractivity contribution < 1.29 is 19.0 Å². The van der Waals surface area contributed by atoms with Crippen molar-refractivity contribution in [3.8, 4) is 0 Å². The van der Waals surface area contributed by atoms with Crippen LogP contribution in [0.2, 0.25) is 0 Å². The maximum Gasteiger partial charge on any atom is 0.348 e. The molecule has 1 aromatic heterocycles. The summed E-state index contributed by atoms with van der Waals surface area (Å²) in [7, 11) is 0. The topological polar surface area (TPSA) is 48.0 Å². The van der Waals surface area contributed by atoms with Gasteiger partial charge in [-0.1, -0.05) is 86.1 Å². The summed E-state index contributed by atoms with van der Waals surface area (Å²) in [6, 6.07) is 23.5. The molecule has 0 spiro atoms. The van der Waals surface area contributed by atoms with Gasteiger partial charge >= 0.3 is 5.97 Å². The van der Waals surface area contributed by atoms with Crippen molar-refractivity contribution in [3.63, 3.8) is 0 Å². The number of morpholine rings is 1. The molecule has 1 fully saturated rings. The minimum atomic E-state index is -0.261. The van der Waals surface area contributed by atoms with Gasteiger partial charge in [-0.05, 0) is 59.9 Å². The van der Waals surface area contributed by atoms with Crippen LogP contribution in [0, 0.1) is 11.8 Å². The van der Waals surface area contributed by atoms with Crippen molar-refractivity contribution in [3.05, 3.63) is 104 Å². The molecular formula is C35H42ClNO4S. The van der Waals surface area contributed by atoms with E-state index in [9.17, 15) is 4.79 Å². The SMILES string of the molecule is CC(C)(c1ccccc1)c1ccc(CC[C@H]2C(Cl)=CC[C@@H]2COCc2ccc(C(=O)OCCN3CCOCC3)s2)cc1. The number of nitrogens with zero attached hydrogens (tertiary/aromatic N) is 1. The Morgan fingerprint density at radius 3 is 2.52 bits per heavy atom. The van der Waals surface area contributed by atoms with Crippen LogP contribution < -0.4 is 0 Å². The van der Waals surface area contributed by atoms with Crippen LogP contribution in [0.1, 0.15) is 57.9 Å². The first-order valence-electron chi connectivity index (χ1n) is 15.0. The largest absolute Gasteiger partial charge is 0.460 e. The second-order valence-corrected chi connectivity index (χ2v) is 13.4. The summed E-state index contributed by atoms with van der Waals surface area (Å²) < 4.78 is 17.0. The summed E-state index contributed by atoms with van der Waals surface area (Å²) in [6.07, 6.45) is 5.09. The molecule has 3 aromatic rings. The molecule has 5 rings (SSSR count). The fourth-order valence-corrected chi connectivity index (χ4v) is 7.05. The van der Waals surface area contributed by atoms with E-state index in [2.05, 4.69) is 79.4 Å². The Kier molecular flexibility index (Phi) is 10.9. The third-order valence-electron chi connectivity index (χ3n) is 8.64. The molecule has 0 bridgehead atoms. The predicted molar refractivity (Wildman–Crippen MR) is 170 cm³/mol. The van der Waals surface area contributed by atoms with E-state index in [0.717, 1.165) is 62.0 Å². The number of halogens is 1. The molecule has 0 N–H and O–H groups in total. The fourth-order valence-electron chi connectivity index (χ4n) is 5.83. The molecule has 1 saturated heterocycles. The number of allylic oxidation sites excluding steroid dienone is 2. The molecule has 0 amide bonds. The zero-order valence-corrected chi connectivity index (χ0v) is 26.3. The van der Waals surface area contributed by atoms with E-state index in [-0.39, 0.29) is 11.4 Å². The molecule has 2 aromatic carbocycles. The molecule has 2 atom stereocenters. The lowest BCUT2D eigenvalue weighted by atomic mass is 9.78. The number of hydrogen-bond acceptors (Lipinski definition) is 6. The normalized spacial score (nSPS) is 19.5. The maximum absolute atomic E-state index is 12.5. The number of esters is 1. The first-order chi connectivity index (χ1) is 20.4. The first-order valence-corrected chi connectivity index (χ1v) is 16.2. The van der Waals surface area contributed by atoms with Crippen LogP contribution in [0.3, 0.4) is 0 Å². The summed E-state index contributed by atoms with van der Waals surface area (Å²) in [4.78, 5) is 16.4. The van der Waals surface area contributed by atoms with E-state index in [1.165, 1.54) is 28.0 Å². The van der Waals surface area contributed by atoms with Crippen molar-refractivity contribution >= 4 is 28.9 Å². The fraction of sp³-hybridized carbons (Fsp3) is 0.457. The molecule has 0 unspecified atom stereocenters. The smallest absolute Gasteiger partial charge is 0.348 e. The number of benzene rings is 2. The summed E-state index contributed by atoms with van der Waals surface area (Å²) in [5.41, 5.74) is 3.94. The van der Waals surface area contributed by atoms with Crippen LogP contribution in [0.25, 0.3) is 0 Å². The number of hydrogen-bond donors (Lipinski definition) is 0. The monoisotopic (exact) mass is 607 g/mol. The molecule has 224 valence electrons. The molecule has 42 heavy (non-hydrogen) atoms. The third-order valence-corrected chi connectivity index (χ3v) is 10.1. The summed E-state index contributed by atoms with van der Waals surface area (Å²) in [5, 5.41) is 0.962. The number of rotatable bonds is 13. The summed E-state index contributed by atoms with van der Waals surface area (Å²) in [5.74, 6) is 0.425. The summed E-state index contributed by atoms with van der Waals surface area (Å²) >= 11 is 8.11. The van der Waals surface area contributed by atoms with Gasteiger partial charge in [0.25, 0.3) is 0 Å². The number of carbonyl (C=O) groups is 1. The number of carbonyl (C=O) groups excluding carboxylic acids is 1. The average Bonchev–Trinajstić information content (AvgIpc) is 3.64. The molecule has 2 aliphatic rings. The van der Waals surface area contributed by atoms with E-state index in [0.29, 0.717) is 36.5 Å². The van der Waals surface area contributed by atoms with Gasteiger partial charge in [-0.2, -0.15) is 0 Å². The number of thiophene rings is 1. The highest BCUT2D eigenvalue weighted by Crippen LogP contribution is 2.38. The highest BCUT2D eigenvalue weighted by atomic mass is 35.5. The van der Waals surface area contributed by atoms with Crippen molar-refractivity contribution in [2.45, 2.75) is 45.1 Å². The zero-order chi connectivity index (χ0) is 29.4. The average molecular weight is 608 g/mol. The molecule has 2 heterocycles. The first kappa shape index (κ1) is 31.0. The Labute approximate surface area is 259 Å². The van der Waals surface area contributed by atoms with E-state index < -0.39 is 0 Å². The van der Waals surface area contributed by atoms with Gasteiger partial charge < -0.3 is 14.2 Å². The minimum absolute atomic E-state index is 0.0353. The van der Waals surface area contributed by atoms with E-state index in [1.807, 2.05) is 12.1 Å². The van der Waals surface area contributed by atoms with Gasteiger partial charge in [-0.25, -0.2) is 4.79 Å². The van der Waals surface area contributed by atoms with E-state index in [1.54, 1.807) is 0 Å². The molecule has 0 radical (unpaired) electrons. The second kappa shape index (κ2) is 14.8. The lowest BCUT2D eigenvalue weighted by molar-refractivity contribution is 0.0197. The van der Waals surface area contributed by atoms with E-state index in [4.69, 9.17) is 25.8 Å². The van der Waals surface area contributed by atoms with Crippen molar-refractivity contribution in [1.29, 1.82) is 0 Å². The Hall–Kier alpha value is -2.48. The minimum Gasteiger partial charge on any atom is -0.460 e. The Morgan fingerprint density at radius 1 is 1.02 bits per heavy atom. The van der Waals surface area contributed by atoms with E-state index >= 15 is 0 Å². The number of aryl methyl sites for hydroxylation is 1. The van der Waals surface area contributed by atoms with Gasteiger partial charge in [-0.3, -0.25) is 4.90 Å². The number of ether oxygens (including phenoxy) is 3. The quantitative estimate of drug-likeness (QED) is 0.189. The van der Waals surface area contributed by atoms with Gasteiger partial charge in [0, 0.05) is 35.0 Å². The Morgan fingerprint density at radius 2 is 1.76 bits per heavy atom. The van der Waals surface area contributed by atoms with Crippen molar-refractivity contribution in [2.24, 2.45) is 11.8 Å². The predicted octanol–water partition coefficient (Wildman–Crippen LogP) is 7.47. The Balaban J connectivity index is 1.05. The van der Waals surface area contributed by atoms with Crippen LogP contribution in [-0.2, 0) is 32.7 Å². The molecule has 1 aliphatic heterocycles. The molecular weight excluding hydrogens is 566 g/mol. The van der Waals surface area contributed by atoms with Crippen LogP contribution in [-0.4, -0.2) is 56.9 Å². The van der Waals surface area contributed by atoms with Crippen molar-refractivity contribution in [1.82, 2.24) is 4.90 Å². The molecule has 5 nitrogen and oxygen atoms in total. The standard InChI is InChI=1S/C35H42ClNO4S/c1-35(2,28-6-4-3-5-7-28)29-12-8-26(9-13-29)10-15-31-27(11-16-32(31)36)24-40-25-30-14-17-33(42-30)34(38)41-23-20-37-18-21-39-22-19-37/h3-9,12-14,16-17,27,31H,10-11,15,18-25H2,1-2H3/t27-,31-/m1/s1. The van der Waals surface area contributed by atoms with Gasteiger partial charge in [0.05, 0.1) is 26.4 Å². The molecule has 7 heteroatoms. The highest BCUT2D eigenvalue weighted by molar-refractivity contribution is 7.13. The van der Waals surface area contributed by atoms with Gasteiger partial charge in [0.2, 0.25) is 0 Å². The van der Waals surface area contributed by atoms with Crippen LogP contribution in [0.4, 0.5) is 0 Å². The molecule has 0 saturated carbocycles. The van der Waals surface area contributed by atoms with Crippen LogP contribution >= 0.6 is 22.9 Å². The second-order valence-electron chi connectivity index (χ2n) is 11.8. The molecule has 1 aliphatic carbocycles. The summed E-state index contributed by atoms with van der Waals surface area (Å²) in [6.45, 7) is 10.1. The van der Waals surface area contributed by atoms with Crippen LogP contribution in [0.15, 0.2) is 77.8 Å². The van der Waals surface area contributed by atoms with Gasteiger partial charge in [-0.15, -0.1) is 11.3 Å².